The summed E-state index contributed by atoms with van der Waals surface area (Å²) in [5.41, 5.74) is 0.304. The molecule has 1 fully saturated rings. The highest BCUT2D eigenvalue weighted by atomic mass is 32.1. The number of nitrogens with zero attached hydrogens (tertiary/aromatic N) is 1. The van der Waals surface area contributed by atoms with Crippen LogP contribution in [0.3, 0.4) is 0 Å². The van der Waals surface area contributed by atoms with Crippen molar-refractivity contribution < 1.29 is 13.2 Å². The fourth-order valence-corrected chi connectivity index (χ4v) is 2.62. The minimum atomic E-state index is -4.34. The molecule has 1 aliphatic heterocycles. The third-order valence-corrected chi connectivity index (χ3v) is 3.66. The molecule has 6 heteroatoms. The summed E-state index contributed by atoms with van der Waals surface area (Å²) in [6.45, 7) is 3.37. The molecule has 0 aromatic heterocycles. The molecule has 110 valence electrons. The van der Waals surface area contributed by atoms with Gasteiger partial charge in [0.2, 0.25) is 0 Å². The van der Waals surface area contributed by atoms with Crippen molar-refractivity contribution in [1.29, 1.82) is 0 Å². The third-order valence-electron chi connectivity index (χ3n) is 3.30. The van der Waals surface area contributed by atoms with E-state index in [9.17, 15) is 13.2 Å². The number of halogens is 3. The predicted molar refractivity (Wildman–Crippen MR) is 77.8 cm³/mol. The molecule has 1 saturated heterocycles. The Morgan fingerprint density at radius 2 is 1.80 bits per heavy atom. The maximum absolute atomic E-state index is 12.8. The first-order valence-corrected chi connectivity index (χ1v) is 7.02. The van der Waals surface area contributed by atoms with Crippen molar-refractivity contribution >= 4 is 23.0 Å². The fourth-order valence-electron chi connectivity index (χ4n) is 2.32. The number of benzene rings is 1. The van der Waals surface area contributed by atoms with Gasteiger partial charge in [0, 0.05) is 18.8 Å². The minimum absolute atomic E-state index is 0.396. The Labute approximate surface area is 122 Å². The van der Waals surface area contributed by atoms with E-state index in [-0.39, 0.29) is 0 Å². The normalized spacial score (nSPS) is 16.1. The number of hydrogen-bond acceptors (Lipinski definition) is 1. The SMILES string of the molecule is Cc1cc(NC(=S)N2CCCCC2)cc(C(F)(F)F)c1. The highest BCUT2D eigenvalue weighted by Gasteiger charge is 2.31. The third kappa shape index (κ3) is 3.85. The van der Waals surface area contributed by atoms with E-state index in [0.29, 0.717) is 16.4 Å². The molecule has 1 aromatic rings. The van der Waals surface area contributed by atoms with E-state index in [1.165, 1.54) is 6.42 Å². The molecule has 0 aliphatic carbocycles. The van der Waals surface area contributed by atoms with Crippen LogP contribution in [0.25, 0.3) is 0 Å². The standard InChI is InChI=1S/C14H17F3N2S/c1-10-7-11(14(15,16)17)9-12(8-10)18-13(20)19-5-3-2-4-6-19/h7-9H,2-6H2,1H3,(H,18,20). The van der Waals surface area contributed by atoms with E-state index in [0.717, 1.165) is 38.1 Å². The number of nitrogens with one attached hydrogen (secondary N) is 1. The van der Waals surface area contributed by atoms with E-state index in [4.69, 9.17) is 12.2 Å². The smallest absolute Gasteiger partial charge is 0.349 e. The van der Waals surface area contributed by atoms with Gasteiger partial charge in [-0.1, -0.05) is 0 Å². The Morgan fingerprint density at radius 3 is 2.40 bits per heavy atom. The van der Waals surface area contributed by atoms with Crippen LogP contribution >= 0.6 is 12.2 Å². The van der Waals surface area contributed by atoms with Crippen molar-refractivity contribution in [3.8, 4) is 0 Å². The number of thiocarbonyl (C=S) groups is 1. The molecule has 1 aliphatic rings. The molecule has 1 aromatic carbocycles. The summed E-state index contributed by atoms with van der Waals surface area (Å²) < 4.78 is 38.3. The van der Waals surface area contributed by atoms with Gasteiger partial charge >= 0.3 is 6.18 Å². The van der Waals surface area contributed by atoms with Gasteiger partial charge in [-0.3, -0.25) is 0 Å². The molecule has 1 heterocycles. The van der Waals surface area contributed by atoms with Crippen molar-refractivity contribution in [2.24, 2.45) is 0 Å². The first-order chi connectivity index (χ1) is 9.36. The molecule has 0 unspecified atom stereocenters. The van der Waals surface area contributed by atoms with E-state index < -0.39 is 11.7 Å². The van der Waals surface area contributed by atoms with Gasteiger partial charge in [0.05, 0.1) is 5.56 Å². The quantitative estimate of drug-likeness (QED) is 0.783. The van der Waals surface area contributed by atoms with Gasteiger partial charge in [0.25, 0.3) is 0 Å². The average Bonchev–Trinajstić information content (AvgIpc) is 2.38. The molecule has 2 nitrogen and oxygen atoms in total. The van der Waals surface area contributed by atoms with Crippen LogP contribution in [0.2, 0.25) is 0 Å². The van der Waals surface area contributed by atoms with Gasteiger partial charge in [0.1, 0.15) is 0 Å². The lowest BCUT2D eigenvalue weighted by atomic mass is 10.1. The lowest BCUT2D eigenvalue weighted by molar-refractivity contribution is -0.137. The lowest BCUT2D eigenvalue weighted by Crippen LogP contribution is -2.38. The Kier molecular flexibility index (Phi) is 4.52. The first kappa shape index (κ1) is 15.1. The largest absolute Gasteiger partial charge is 0.416 e. The number of piperidine rings is 1. The maximum atomic E-state index is 12.8. The second kappa shape index (κ2) is 5.99. The molecule has 0 atom stereocenters. The van der Waals surface area contributed by atoms with Crippen LogP contribution in [0.4, 0.5) is 18.9 Å². The number of anilines is 1. The van der Waals surface area contributed by atoms with Crippen molar-refractivity contribution in [2.75, 3.05) is 18.4 Å². The average molecular weight is 302 g/mol. The molecule has 0 saturated carbocycles. The van der Waals surface area contributed by atoms with Crippen LogP contribution in [0.5, 0.6) is 0 Å². The second-order valence-corrected chi connectivity index (χ2v) is 5.45. The lowest BCUT2D eigenvalue weighted by Gasteiger charge is -2.29. The molecule has 20 heavy (non-hydrogen) atoms. The molecule has 0 spiro atoms. The number of alkyl halides is 3. The molecule has 2 rings (SSSR count). The summed E-state index contributed by atoms with van der Waals surface area (Å²) in [7, 11) is 0. The zero-order valence-corrected chi connectivity index (χ0v) is 12.1. The van der Waals surface area contributed by atoms with Crippen molar-refractivity contribution in [3.05, 3.63) is 29.3 Å². The number of likely N-dealkylation sites (tertiary alicyclic amines) is 1. The minimum Gasteiger partial charge on any atom is -0.349 e. The second-order valence-electron chi connectivity index (χ2n) is 5.06. The Morgan fingerprint density at radius 1 is 1.15 bits per heavy atom. The van der Waals surface area contributed by atoms with Gasteiger partial charge < -0.3 is 10.2 Å². The van der Waals surface area contributed by atoms with Crippen molar-refractivity contribution in [1.82, 2.24) is 4.90 Å². The van der Waals surface area contributed by atoms with Crippen molar-refractivity contribution in [3.63, 3.8) is 0 Å². The maximum Gasteiger partial charge on any atom is 0.416 e. The molecule has 1 N–H and O–H groups in total. The zero-order chi connectivity index (χ0) is 14.8. The van der Waals surface area contributed by atoms with Crippen LogP contribution in [0.15, 0.2) is 18.2 Å². The van der Waals surface area contributed by atoms with Gasteiger partial charge in [0.15, 0.2) is 5.11 Å². The number of hydrogen-bond donors (Lipinski definition) is 1. The summed E-state index contributed by atoms with van der Waals surface area (Å²) in [5, 5.41) is 3.43. The van der Waals surface area contributed by atoms with Gasteiger partial charge in [-0.25, -0.2) is 0 Å². The van der Waals surface area contributed by atoms with E-state index in [2.05, 4.69) is 5.32 Å². The van der Waals surface area contributed by atoms with Gasteiger partial charge in [-0.2, -0.15) is 13.2 Å². The van der Waals surface area contributed by atoms with Gasteiger partial charge in [-0.15, -0.1) is 0 Å². The molecule has 0 amide bonds. The van der Waals surface area contributed by atoms with Crippen LogP contribution in [0, 0.1) is 6.92 Å². The van der Waals surface area contributed by atoms with Crippen LogP contribution in [0.1, 0.15) is 30.4 Å². The van der Waals surface area contributed by atoms with E-state index in [1.54, 1.807) is 13.0 Å². The zero-order valence-electron chi connectivity index (χ0n) is 11.3. The molecular weight excluding hydrogens is 285 g/mol. The molecular formula is C14H17F3N2S. The van der Waals surface area contributed by atoms with Crippen LogP contribution < -0.4 is 5.32 Å². The Balaban J connectivity index is 2.12. The summed E-state index contributed by atoms with van der Waals surface area (Å²) in [4.78, 5) is 2.01. The number of aryl methyl sites for hydroxylation is 1. The predicted octanol–water partition coefficient (Wildman–Crippen LogP) is 4.20. The summed E-state index contributed by atoms with van der Waals surface area (Å²) in [5.74, 6) is 0. The first-order valence-electron chi connectivity index (χ1n) is 6.61. The summed E-state index contributed by atoms with van der Waals surface area (Å²) >= 11 is 5.27. The van der Waals surface area contributed by atoms with E-state index in [1.807, 2.05) is 4.90 Å². The summed E-state index contributed by atoms with van der Waals surface area (Å²) in [6.07, 6.45) is -1.01. The monoisotopic (exact) mass is 302 g/mol. The van der Waals surface area contributed by atoms with E-state index >= 15 is 0 Å². The molecule has 0 bridgehead atoms. The van der Waals surface area contributed by atoms with Gasteiger partial charge in [-0.05, 0) is 62.2 Å². The Hall–Kier alpha value is -1.30. The van der Waals surface area contributed by atoms with Crippen molar-refractivity contribution in [2.45, 2.75) is 32.4 Å². The topological polar surface area (TPSA) is 15.3 Å². The summed E-state index contributed by atoms with van der Waals surface area (Å²) in [6, 6.07) is 3.91. The Bertz CT molecular complexity index is 494. The number of rotatable bonds is 1. The fraction of sp³-hybridized carbons (Fsp3) is 0.500. The van der Waals surface area contributed by atoms with Crippen LogP contribution in [-0.2, 0) is 6.18 Å². The van der Waals surface area contributed by atoms with Crippen LogP contribution in [-0.4, -0.2) is 23.1 Å². The highest BCUT2D eigenvalue weighted by molar-refractivity contribution is 7.80. The molecule has 0 radical (unpaired) electrons. The highest BCUT2D eigenvalue weighted by Crippen LogP contribution is 2.32.